The number of ether oxygens (including phenoxy) is 2. The first-order valence-electron chi connectivity index (χ1n) is 10.4. The SMILES string of the molecule is CSc1cc(C)[nH]c(=O)c1CNC(=O)c1c(C)n(CC2OCCCO2)c2ccccc12. The fourth-order valence-corrected chi connectivity index (χ4v) is 4.74. The molecule has 4 rings (SSSR count). The van der Waals surface area contributed by atoms with E-state index in [4.69, 9.17) is 9.47 Å². The quantitative estimate of drug-likeness (QED) is 0.573. The highest BCUT2D eigenvalue weighted by Gasteiger charge is 2.23. The molecule has 164 valence electrons. The van der Waals surface area contributed by atoms with Crippen molar-refractivity contribution in [1.82, 2.24) is 14.9 Å². The molecule has 2 N–H and O–H groups in total. The van der Waals surface area contributed by atoms with E-state index in [1.54, 1.807) is 0 Å². The molecule has 0 bridgehead atoms. The van der Waals surface area contributed by atoms with E-state index in [0.717, 1.165) is 33.6 Å². The summed E-state index contributed by atoms with van der Waals surface area (Å²) in [5.41, 5.74) is 3.61. The standard InChI is InChI=1S/C23H27N3O4S/c1-14-11-19(31-3)17(22(27)25-14)12-24-23(28)21-15(2)26(13-20-29-9-6-10-30-20)18-8-5-4-7-16(18)21/h4-5,7-8,11,20H,6,9-10,12-13H2,1-3H3,(H,24,28)(H,25,27). The summed E-state index contributed by atoms with van der Waals surface area (Å²) < 4.78 is 13.5. The summed E-state index contributed by atoms with van der Waals surface area (Å²) in [7, 11) is 0. The Balaban J connectivity index is 1.63. The molecule has 0 radical (unpaired) electrons. The summed E-state index contributed by atoms with van der Waals surface area (Å²) in [4.78, 5) is 29.3. The number of nitrogens with one attached hydrogen (secondary N) is 2. The lowest BCUT2D eigenvalue weighted by Crippen LogP contribution is -2.30. The number of nitrogens with zero attached hydrogens (tertiary/aromatic N) is 1. The number of fused-ring (bicyclic) bond motifs is 1. The van der Waals surface area contributed by atoms with Crippen LogP contribution in [0.1, 0.15) is 33.7 Å². The number of rotatable bonds is 6. The lowest BCUT2D eigenvalue weighted by molar-refractivity contribution is -0.184. The van der Waals surface area contributed by atoms with Gasteiger partial charge in [-0.2, -0.15) is 0 Å². The summed E-state index contributed by atoms with van der Waals surface area (Å²) in [6.45, 7) is 5.83. The van der Waals surface area contributed by atoms with Gasteiger partial charge in [-0.05, 0) is 38.7 Å². The Hall–Kier alpha value is -2.55. The van der Waals surface area contributed by atoms with Gasteiger partial charge in [0.2, 0.25) is 0 Å². The van der Waals surface area contributed by atoms with Crippen LogP contribution in [0.3, 0.4) is 0 Å². The second kappa shape index (κ2) is 9.30. The van der Waals surface area contributed by atoms with Gasteiger partial charge < -0.3 is 24.3 Å². The number of carbonyl (C=O) groups is 1. The molecular formula is C23H27N3O4S. The zero-order valence-corrected chi connectivity index (χ0v) is 18.8. The van der Waals surface area contributed by atoms with Gasteiger partial charge in [-0.15, -0.1) is 11.8 Å². The highest BCUT2D eigenvalue weighted by atomic mass is 32.2. The second-order valence-corrected chi connectivity index (χ2v) is 8.47. The Kier molecular flexibility index (Phi) is 6.50. The number of benzene rings is 1. The number of hydrogen-bond acceptors (Lipinski definition) is 5. The van der Waals surface area contributed by atoms with Crippen LogP contribution in [0.4, 0.5) is 0 Å². The number of H-pyrrole nitrogens is 1. The van der Waals surface area contributed by atoms with E-state index >= 15 is 0 Å². The maximum Gasteiger partial charge on any atom is 0.254 e. The molecule has 31 heavy (non-hydrogen) atoms. The zero-order chi connectivity index (χ0) is 22.0. The fraction of sp³-hybridized carbons (Fsp3) is 0.391. The number of thioether (sulfide) groups is 1. The van der Waals surface area contributed by atoms with Crippen LogP contribution in [0.5, 0.6) is 0 Å². The molecule has 1 aliphatic rings. The number of pyridine rings is 1. The summed E-state index contributed by atoms with van der Waals surface area (Å²) >= 11 is 1.50. The smallest absolute Gasteiger partial charge is 0.254 e. The molecule has 7 nitrogen and oxygen atoms in total. The van der Waals surface area contributed by atoms with Gasteiger partial charge >= 0.3 is 0 Å². The largest absolute Gasteiger partial charge is 0.351 e. The molecule has 1 saturated heterocycles. The number of carbonyl (C=O) groups excluding carboxylic acids is 1. The van der Waals surface area contributed by atoms with Gasteiger partial charge in [0, 0.05) is 39.3 Å². The molecular weight excluding hydrogens is 414 g/mol. The van der Waals surface area contributed by atoms with Crippen molar-refractivity contribution in [1.29, 1.82) is 0 Å². The van der Waals surface area contributed by atoms with Crippen molar-refractivity contribution in [2.24, 2.45) is 0 Å². The van der Waals surface area contributed by atoms with Crippen molar-refractivity contribution in [3.63, 3.8) is 0 Å². The predicted molar refractivity (Wildman–Crippen MR) is 122 cm³/mol. The number of hydrogen-bond donors (Lipinski definition) is 2. The van der Waals surface area contributed by atoms with Crippen LogP contribution in [0, 0.1) is 13.8 Å². The molecule has 0 spiro atoms. The molecule has 3 aromatic rings. The van der Waals surface area contributed by atoms with E-state index in [-0.39, 0.29) is 24.3 Å². The third kappa shape index (κ3) is 4.42. The highest BCUT2D eigenvalue weighted by Crippen LogP contribution is 2.27. The van der Waals surface area contributed by atoms with E-state index < -0.39 is 0 Å². The van der Waals surface area contributed by atoms with E-state index in [1.165, 1.54) is 11.8 Å². The van der Waals surface area contributed by atoms with E-state index in [2.05, 4.69) is 14.9 Å². The van der Waals surface area contributed by atoms with Gasteiger partial charge in [0.15, 0.2) is 6.29 Å². The Morgan fingerprint density at radius 3 is 2.74 bits per heavy atom. The Labute approximate surface area is 185 Å². The molecule has 0 saturated carbocycles. The van der Waals surface area contributed by atoms with Crippen molar-refractivity contribution in [2.75, 3.05) is 19.5 Å². The van der Waals surface area contributed by atoms with E-state index in [0.29, 0.717) is 30.9 Å². The van der Waals surface area contributed by atoms with Gasteiger partial charge in [-0.1, -0.05) is 18.2 Å². The topological polar surface area (TPSA) is 85.4 Å². The minimum atomic E-state index is -0.325. The molecule has 1 aliphatic heterocycles. The number of amides is 1. The van der Waals surface area contributed by atoms with Gasteiger partial charge in [0.1, 0.15) is 0 Å². The molecule has 8 heteroatoms. The van der Waals surface area contributed by atoms with E-state index in [1.807, 2.05) is 50.4 Å². The molecule has 1 aromatic carbocycles. The van der Waals surface area contributed by atoms with Crippen LogP contribution in [-0.4, -0.2) is 41.2 Å². The van der Waals surface area contributed by atoms with Crippen LogP contribution in [0.15, 0.2) is 40.0 Å². The lowest BCUT2D eigenvalue weighted by Gasteiger charge is -2.24. The maximum atomic E-state index is 13.2. The van der Waals surface area contributed by atoms with Gasteiger partial charge in [-0.25, -0.2) is 0 Å². The van der Waals surface area contributed by atoms with Crippen molar-refractivity contribution >= 4 is 28.6 Å². The van der Waals surface area contributed by atoms with Gasteiger partial charge in [-0.3, -0.25) is 9.59 Å². The number of aryl methyl sites for hydroxylation is 1. The van der Waals surface area contributed by atoms with Crippen molar-refractivity contribution in [3.8, 4) is 0 Å². The molecule has 1 amide bonds. The maximum absolute atomic E-state index is 13.2. The van der Waals surface area contributed by atoms with Crippen LogP contribution in [0.25, 0.3) is 10.9 Å². The van der Waals surface area contributed by atoms with Gasteiger partial charge in [0.25, 0.3) is 11.5 Å². The highest BCUT2D eigenvalue weighted by molar-refractivity contribution is 7.98. The second-order valence-electron chi connectivity index (χ2n) is 7.62. The minimum Gasteiger partial charge on any atom is -0.351 e. The molecule has 2 aromatic heterocycles. The Morgan fingerprint density at radius 1 is 1.26 bits per heavy atom. The third-order valence-corrected chi connectivity index (χ3v) is 6.37. The number of para-hydroxylation sites is 1. The van der Waals surface area contributed by atoms with Crippen molar-refractivity contribution in [2.45, 2.75) is 44.5 Å². The average Bonchev–Trinajstić information content (AvgIpc) is 3.04. The molecule has 0 aliphatic carbocycles. The summed E-state index contributed by atoms with van der Waals surface area (Å²) in [5, 5.41) is 3.82. The average molecular weight is 442 g/mol. The lowest BCUT2D eigenvalue weighted by atomic mass is 10.1. The molecule has 0 atom stereocenters. The molecule has 3 heterocycles. The predicted octanol–water partition coefficient (Wildman–Crippen LogP) is 3.36. The first-order valence-corrected chi connectivity index (χ1v) is 11.6. The number of aromatic amines is 1. The van der Waals surface area contributed by atoms with Crippen LogP contribution < -0.4 is 10.9 Å². The normalized spacial score (nSPS) is 14.8. The summed E-state index contributed by atoms with van der Waals surface area (Å²) in [6, 6.07) is 9.75. The van der Waals surface area contributed by atoms with Crippen LogP contribution in [0.2, 0.25) is 0 Å². The Morgan fingerprint density at radius 2 is 2.00 bits per heavy atom. The summed E-state index contributed by atoms with van der Waals surface area (Å²) in [6.07, 6.45) is 2.49. The minimum absolute atomic E-state index is 0.165. The molecule has 0 unspecified atom stereocenters. The van der Waals surface area contributed by atoms with Gasteiger partial charge in [0.05, 0.1) is 25.3 Å². The van der Waals surface area contributed by atoms with Crippen molar-refractivity contribution < 1.29 is 14.3 Å². The van der Waals surface area contributed by atoms with Crippen molar-refractivity contribution in [3.05, 3.63) is 63.2 Å². The van der Waals surface area contributed by atoms with E-state index in [9.17, 15) is 9.59 Å². The third-order valence-electron chi connectivity index (χ3n) is 5.56. The number of aromatic nitrogens is 2. The summed E-state index contributed by atoms with van der Waals surface area (Å²) in [5.74, 6) is -0.204. The molecule has 1 fully saturated rings. The van der Waals surface area contributed by atoms with Crippen LogP contribution in [-0.2, 0) is 22.6 Å². The zero-order valence-electron chi connectivity index (χ0n) is 18.0. The Bertz CT molecular complexity index is 1160. The monoisotopic (exact) mass is 441 g/mol. The fourth-order valence-electron chi connectivity index (χ4n) is 4.04. The first kappa shape index (κ1) is 21.7. The first-order chi connectivity index (χ1) is 15.0. The van der Waals surface area contributed by atoms with Crippen LogP contribution >= 0.6 is 11.8 Å².